The number of nitrogens with one attached hydrogen (secondary N) is 1. The molecule has 112 valence electrons. The van der Waals surface area contributed by atoms with Crippen molar-refractivity contribution in [2.24, 2.45) is 5.92 Å². The molecule has 0 bridgehead atoms. The Kier molecular flexibility index (Phi) is 6.93. The summed E-state index contributed by atoms with van der Waals surface area (Å²) in [4.78, 5) is 11.9. The molecule has 0 aromatic heterocycles. The summed E-state index contributed by atoms with van der Waals surface area (Å²) in [7, 11) is 0. The van der Waals surface area contributed by atoms with Gasteiger partial charge in [-0.1, -0.05) is 44.7 Å². The molecular formula is C16H25NO2S. The van der Waals surface area contributed by atoms with Gasteiger partial charge in [0.05, 0.1) is 5.69 Å². The number of aromatic hydroxyl groups is 1. The Morgan fingerprint density at radius 2 is 2.10 bits per heavy atom. The Balaban J connectivity index is 2.81. The number of thioether (sulfide) groups is 1. The molecule has 1 aromatic rings. The topological polar surface area (TPSA) is 49.3 Å². The highest BCUT2D eigenvalue weighted by molar-refractivity contribution is 8.13. The Morgan fingerprint density at radius 3 is 2.65 bits per heavy atom. The van der Waals surface area contributed by atoms with Crippen LogP contribution in [0.1, 0.15) is 39.2 Å². The highest BCUT2D eigenvalue weighted by atomic mass is 32.2. The quantitative estimate of drug-likeness (QED) is 0.740. The van der Waals surface area contributed by atoms with Crippen molar-refractivity contribution in [2.75, 3.05) is 11.1 Å². The van der Waals surface area contributed by atoms with Crippen LogP contribution in [0.4, 0.5) is 5.69 Å². The molecule has 0 fully saturated rings. The first kappa shape index (κ1) is 16.9. The van der Waals surface area contributed by atoms with Gasteiger partial charge in [-0.25, -0.2) is 0 Å². The van der Waals surface area contributed by atoms with Crippen LogP contribution in [-0.2, 0) is 4.79 Å². The summed E-state index contributed by atoms with van der Waals surface area (Å²) in [5.74, 6) is 1.55. The maximum absolute atomic E-state index is 11.9. The second-order valence-electron chi connectivity index (χ2n) is 5.45. The number of anilines is 1. The number of phenols is 1. The van der Waals surface area contributed by atoms with E-state index in [4.69, 9.17) is 0 Å². The molecule has 1 aromatic carbocycles. The van der Waals surface area contributed by atoms with Gasteiger partial charge in [0.1, 0.15) is 5.75 Å². The smallest absolute Gasteiger partial charge is 0.190 e. The third kappa shape index (κ3) is 5.45. The lowest BCUT2D eigenvalue weighted by Crippen LogP contribution is -2.24. The van der Waals surface area contributed by atoms with E-state index in [1.165, 1.54) is 11.8 Å². The zero-order valence-corrected chi connectivity index (χ0v) is 13.6. The van der Waals surface area contributed by atoms with Gasteiger partial charge in [-0.3, -0.25) is 4.79 Å². The van der Waals surface area contributed by atoms with E-state index < -0.39 is 0 Å². The largest absolute Gasteiger partial charge is 0.506 e. The normalized spacial score (nSPS) is 12.4. The number of aryl methyl sites for hydroxylation is 1. The van der Waals surface area contributed by atoms with Gasteiger partial charge in [-0.05, 0) is 36.6 Å². The van der Waals surface area contributed by atoms with Crippen LogP contribution < -0.4 is 5.32 Å². The lowest BCUT2D eigenvalue weighted by atomic mass is 10.0. The van der Waals surface area contributed by atoms with Crippen molar-refractivity contribution < 1.29 is 9.90 Å². The molecule has 0 radical (unpaired) electrons. The second-order valence-corrected chi connectivity index (χ2v) is 6.77. The summed E-state index contributed by atoms with van der Waals surface area (Å²) < 4.78 is 0. The molecule has 0 saturated carbocycles. The predicted molar refractivity (Wildman–Crippen MR) is 87.5 cm³/mol. The summed E-state index contributed by atoms with van der Waals surface area (Å²) in [5, 5.41) is 13.5. The van der Waals surface area contributed by atoms with Gasteiger partial charge in [-0.15, -0.1) is 0 Å². The highest BCUT2D eigenvalue weighted by Gasteiger charge is 2.17. The Labute approximate surface area is 126 Å². The van der Waals surface area contributed by atoms with E-state index in [0.717, 1.165) is 23.4 Å². The Hall–Kier alpha value is -1.16. The van der Waals surface area contributed by atoms with E-state index in [0.29, 0.717) is 12.3 Å². The van der Waals surface area contributed by atoms with Crippen LogP contribution in [0.5, 0.6) is 5.75 Å². The number of hydrogen-bond acceptors (Lipinski definition) is 4. The van der Waals surface area contributed by atoms with Gasteiger partial charge in [-0.2, -0.15) is 0 Å². The van der Waals surface area contributed by atoms with Crippen molar-refractivity contribution in [1.82, 2.24) is 0 Å². The Bertz CT molecular complexity index is 426. The molecule has 3 nitrogen and oxygen atoms in total. The first-order valence-corrected chi connectivity index (χ1v) is 8.13. The summed E-state index contributed by atoms with van der Waals surface area (Å²) in [5.41, 5.74) is 1.74. The standard InChI is InChI=1S/C16H25NO2S/c1-5-20-15(19)10-13(9-11(2)3)17-16-12(4)7-6-8-14(16)18/h6-8,11,13,17-18H,5,9-10H2,1-4H3/t13-/m1/s1. The number of phenolic OH excluding ortho intramolecular Hbond substituents is 1. The van der Waals surface area contributed by atoms with Crippen LogP contribution in [0, 0.1) is 12.8 Å². The maximum atomic E-state index is 11.9. The molecule has 0 aliphatic heterocycles. The van der Waals surface area contributed by atoms with Crippen molar-refractivity contribution in [3.63, 3.8) is 0 Å². The van der Waals surface area contributed by atoms with Gasteiger partial charge in [0.25, 0.3) is 0 Å². The Morgan fingerprint density at radius 1 is 1.40 bits per heavy atom. The van der Waals surface area contributed by atoms with Crippen LogP contribution in [0.2, 0.25) is 0 Å². The fourth-order valence-electron chi connectivity index (χ4n) is 2.23. The van der Waals surface area contributed by atoms with E-state index in [2.05, 4.69) is 19.2 Å². The van der Waals surface area contributed by atoms with Gasteiger partial charge in [0.2, 0.25) is 0 Å². The third-order valence-corrected chi connectivity index (χ3v) is 3.85. The molecule has 0 aliphatic carbocycles. The zero-order chi connectivity index (χ0) is 15.1. The minimum Gasteiger partial charge on any atom is -0.506 e. The summed E-state index contributed by atoms with van der Waals surface area (Å²) in [6.07, 6.45) is 1.40. The average Bonchev–Trinajstić information content (AvgIpc) is 2.33. The zero-order valence-electron chi connectivity index (χ0n) is 12.8. The fraction of sp³-hybridized carbons (Fsp3) is 0.562. The molecule has 0 spiro atoms. The number of carbonyl (C=O) groups is 1. The minimum atomic E-state index is 0.0635. The highest BCUT2D eigenvalue weighted by Crippen LogP contribution is 2.29. The van der Waals surface area contributed by atoms with Gasteiger partial charge < -0.3 is 10.4 Å². The molecule has 0 unspecified atom stereocenters. The van der Waals surface area contributed by atoms with Crippen LogP contribution in [0.15, 0.2) is 18.2 Å². The fourth-order valence-corrected chi connectivity index (χ4v) is 2.87. The number of rotatable bonds is 7. The molecule has 4 heteroatoms. The SMILES string of the molecule is CCSC(=O)C[C@@H](CC(C)C)Nc1c(C)cccc1O. The molecule has 1 atom stereocenters. The van der Waals surface area contributed by atoms with E-state index in [1.54, 1.807) is 6.07 Å². The van der Waals surface area contributed by atoms with E-state index >= 15 is 0 Å². The van der Waals surface area contributed by atoms with Gasteiger partial charge in [0, 0.05) is 12.5 Å². The summed E-state index contributed by atoms with van der Waals surface area (Å²) >= 11 is 1.36. The van der Waals surface area contributed by atoms with E-state index in [1.807, 2.05) is 26.0 Å². The molecule has 0 saturated heterocycles. The van der Waals surface area contributed by atoms with E-state index in [-0.39, 0.29) is 16.9 Å². The van der Waals surface area contributed by atoms with Gasteiger partial charge >= 0.3 is 0 Å². The molecule has 1 rings (SSSR count). The average molecular weight is 295 g/mol. The lowest BCUT2D eigenvalue weighted by molar-refractivity contribution is -0.111. The molecule has 0 heterocycles. The molecule has 0 amide bonds. The second kappa shape index (κ2) is 8.20. The van der Waals surface area contributed by atoms with E-state index in [9.17, 15) is 9.90 Å². The lowest BCUT2D eigenvalue weighted by Gasteiger charge is -2.22. The maximum Gasteiger partial charge on any atom is 0.190 e. The van der Waals surface area contributed by atoms with Crippen molar-refractivity contribution >= 4 is 22.6 Å². The van der Waals surface area contributed by atoms with Crippen LogP contribution in [-0.4, -0.2) is 22.0 Å². The number of hydrogen-bond donors (Lipinski definition) is 2. The molecule has 2 N–H and O–H groups in total. The van der Waals surface area contributed by atoms with Crippen LogP contribution >= 0.6 is 11.8 Å². The van der Waals surface area contributed by atoms with Crippen LogP contribution in [0.25, 0.3) is 0 Å². The van der Waals surface area contributed by atoms with Gasteiger partial charge in [0.15, 0.2) is 5.12 Å². The molecular weight excluding hydrogens is 270 g/mol. The third-order valence-electron chi connectivity index (χ3n) is 3.07. The number of carbonyl (C=O) groups excluding carboxylic acids is 1. The minimum absolute atomic E-state index is 0.0635. The molecule has 0 aliphatic rings. The number of benzene rings is 1. The molecule has 20 heavy (non-hydrogen) atoms. The van der Waals surface area contributed by atoms with Crippen molar-refractivity contribution in [3.8, 4) is 5.75 Å². The first-order valence-electron chi connectivity index (χ1n) is 7.14. The first-order chi connectivity index (χ1) is 9.43. The van der Waals surface area contributed by atoms with Crippen LogP contribution in [0.3, 0.4) is 0 Å². The summed E-state index contributed by atoms with van der Waals surface area (Å²) in [6, 6.07) is 5.51. The van der Waals surface area contributed by atoms with Crippen molar-refractivity contribution in [1.29, 1.82) is 0 Å². The van der Waals surface area contributed by atoms with Crippen molar-refractivity contribution in [3.05, 3.63) is 23.8 Å². The predicted octanol–water partition coefficient (Wildman–Crippen LogP) is 4.20. The number of para-hydroxylation sites is 1. The van der Waals surface area contributed by atoms with Crippen molar-refractivity contribution in [2.45, 2.75) is 46.6 Å². The summed E-state index contributed by atoms with van der Waals surface area (Å²) in [6.45, 7) is 8.23. The monoisotopic (exact) mass is 295 g/mol.